The Morgan fingerprint density at radius 3 is 2.33 bits per heavy atom. The number of nitrogens with zero attached hydrogens (tertiary/aromatic N) is 3. The number of amides is 3. The number of aromatic nitrogens is 2. The molecule has 5 rings (SSSR count). The van der Waals surface area contributed by atoms with Crippen LogP contribution in [0.4, 0.5) is 5.69 Å². The van der Waals surface area contributed by atoms with Crippen molar-refractivity contribution in [3.63, 3.8) is 0 Å². The molecule has 188 valence electrons. The Bertz CT molecular complexity index is 1310. The minimum Gasteiger partial charge on any atom is -0.378 e. The van der Waals surface area contributed by atoms with Crippen molar-refractivity contribution in [3.8, 4) is 0 Å². The van der Waals surface area contributed by atoms with Crippen molar-refractivity contribution >= 4 is 34.4 Å². The third-order valence-electron chi connectivity index (χ3n) is 6.87. The van der Waals surface area contributed by atoms with Crippen LogP contribution in [0.2, 0.25) is 0 Å². The van der Waals surface area contributed by atoms with E-state index in [1.165, 1.54) is 4.90 Å². The smallest absolute Gasteiger partial charge is 0.326 e. The lowest BCUT2D eigenvalue weighted by atomic mass is 10.0. The minimum atomic E-state index is -0.699. The summed E-state index contributed by atoms with van der Waals surface area (Å²) in [6.07, 6.45) is 1.46. The van der Waals surface area contributed by atoms with Crippen LogP contribution in [-0.4, -0.2) is 76.5 Å². The summed E-state index contributed by atoms with van der Waals surface area (Å²) in [5.41, 5.74) is 2.81. The van der Waals surface area contributed by atoms with Crippen molar-refractivity contribution in [3.05, 3.63) is 64.6 Å². The third-order valence-corrected chi connectivity index (χ3v) is 6.87. The number of imidazole rings is 1. The Morgan fingerprint density at radius 2 is 1.61 bits per heavy atom. The molecule has 10 heteroatoms. The molecule has 3 amide bonds. The van der Waals surface area contributed by atoms with Gasteiger partial charge in [-0.3, -0.25) is 19.0 Å². The summed E-state index contributed by atoms with van der Waals surface area (Å²) in [4.78, 5) is 56.4. The van der Waals surface area contributed by atoms with Crippen molar-refractivity contribution in [1.29, 1.82) is 0 Å². The predicted molar refractivity (Wildman–Crippen MR) is 134 cm³/mol. The number of rotatable bonds is 4. The molecule has 2 saturated heterocycles. The number of piperidine rings is 1. The van der Waals surface area contributed by atoms with Crippen LogP contribution in [0.1, 0.15) is 24.4 Å². The van der Waals surface area contributed by atoms with E-state index in [0.29, 0.717) is 57.9 Å². The van der Waals surface area contributed by atoms with Crippen molar-refractivity contribution in [1.82, 2.24) is 19.4 Å². The van der Waals surface area contributed by atoms with E-state index in [4.69, 9.17) is 4.74 Å². The SMILES string of the molecule is O=C(Nc1ccc(CC(=O)N2CCOCC2)cc1)C(=O)N1CCC(n2c(=O)[nH]c3ccccc32)CC1. The van der Waals surface area contributed by atoms with Crippen LogP contribution in [-0.2, 0) is 25.5 Å². The van der Waals surface area contributed by atoms with Crippen LogP contribution in [0.3, 0.4) is 0 Å². The normalized spacial score (nSPS) is 16.8. The molecule has 2 aromatic carbocycles. The highest BCUT2D eigenvalue weighted by atomic mass is 16.5. The van der Waals surface area contributed by atoms with Gasteiger partial charge >= 0.3 is 17.5 Å². The van der Waals surface area contributed by atoms with Gasteiger partial charge in [-0.2, -0.15) is 0 Å². The van der Waals surface area contributed by atoms with Crippen LogP contribution in [0.15, 0.2) is 53.3 Å². The summed E-state index contributed by atoms with van der Waals surface area (Å²) in [6, 6.07) is 14.5. The van der Waals surface area contributed by atoms with Crippen molar-refractivity contribution in [2.24, 2.45) is 0 Å². The molecule has 10 nitrogen and oxygen atoms in total. The first-order valence-electron chi connectivity index (χ1n) is 12.2. The zero-order chi connectivity index (χ0) is 25.1. The average molecular weight is 492 g/mol. The summed E-state index contributed by atoms with van der Waals surface area (Å²) in [5.74, 6) is -1.25. The summed E-state index contributed by atoms with van der Waals surface area (Å²) >= 11 is 0. The number of anilines is 1. The van der Waals surface area contributed by atoms with Gasteiger partial charge in [-0.25, -0.2) is 4.79 Å². The van der Waals surface area contributed by atoms with Gasteiger partial charge in [0.15, 0.2) is 0 Å². The molecule has 3 aromatic rings. The molecule has 36 heavy (non-hydrogen) atoms. The summed E-state index contributed by atoms with van der Waals surface area (Å²) in [6.45, 7) is 3.11. The van der Waals surface area contributed by atoms with Gasteiger partial charge in [0, 0.05) is 37.9 Å². The Labute approximate surface area is 207 Å². The fourth-order valence-corrected chi connectivity index (χ4v) is 4.90. The second-order valence-corrected chi connectivity index (χ2v) is 9.16. The topological polar surface area (TPSA) is 117 Å². The Kier molecular flexibility index (Phi) is 6.86. The van der Waals surface area contributed by atoms with Gasteiger partial charge in [-0.1, -0.05) is 24.3 Å². The van der Waals surface area contributed by atoms with E-state index in [1.54, 1.807) is 33.7 Å². The van der Waals surface area contributed by atoms with Gasteiger partial charge in [-0.05, 0) is 42.7 Å². The van der Waals surface area contributed by atoms with E-state index in [0.717, 1.165) is 16.6 Å². The Morgan fingerprint density at radius 1 is 0.917 bits per heavy atom. The molecule has 0 radical (unpaired) electrons. The number of aromatic amines is 1. The van der Waals surface area contributed by atoms with Crippen LogP contribution >= 0.6 is 0 Å². The molecular weight excluding hydrogens is 462 g/mol. The van der Waals surface area contributed by atoms with Crippen LogP contribution < -0.4 is 11.0 Å². The minimum absolute atomic E-state index is 0.0338. The number of carbonyl (C=O) groups excluding carboxylic acids is 3. The maximum atomic E-state index is 12.7. The van der Waals surface area contributed by atoms with Gasteiger partial charge in [0.2, 0.25) is 5.91 Å². The number of benzene rings is 2. The number of ether oxygens (including phenoxy) is 1. The molecule has 1 aromatic heterocycles. The highest BCUT2D eigenvalue weighted by Crippen LogP contribution is 2.25. The highest BCUT2D eigenvalue weighted by Gasteiger charge is 2.29. The molecule has 0 unspecified atom stereocenters. The average Bonchev–Trinajstić information content (AvgIpc) is 3.25. The zero-order valence-electron chi connectivity index (χ0n) is 19.9. The molecule has 0 aliphatic carbocycles. The highest BCUT2D eigenvalue weighted by molar-refractivity contribution is 6.39. The van der Waals surface area contributed by atoms with E-state index >= 15 is 0 Å². The molecule has 0 saturated carbocycles. The quantitative estimate of drug-likeness (QED) is 0.537. The van der Waals surface area contributed by atoms with Gasteiger partial charge in [0.25, 0.3) is 0 Å². The maximum Gasteiger partial charge on any atom is 0.326 e. The summed E-state index contributed by atoms with van der Waals surface area (Å²) < 4.78 is 7.03. The number of carbonyl (C=O) groups is 3. The molecule has 0 bridgehead atoms. The molecule has 2 N–H and O–H groups in total. The third kappa shape index (κ3) is 5.03. The van der Waals surface area contributed by atoms with Crippen molar-refractivity contribution < 1.29 is 19.1 Å². The van der Waals surface area contributed by atoms with Gasteiger partial charge < -0.3 is 24.8 Å². The lowest BCUT2D eigenvalue weighted by molar-refractivity contribution is -0.144. The maximum absolute atomic E-state index is 12.7. The van der Waals surface area contributed by atoms with E-state index in [9.17, 15) is 19.2 Å². The summed E-state index contributed by atoms with van der Waals surface area (Å²) in [7, 11) is 0. The van der Waals surface area contributed by atoms with Gasteiger partial charge in [-0.15, -0.1) is 0 Å². The number of H-pyrrole nitrogens is 1. The molecule has 3 heterocycles. The van der Waals surface area contributed by atoms with E-state index in [2.05, 4.69) is 10.3 Å². The lowest BCUT2D eigenvalue weighted by Crippen LogP contribution is -2.45. The van der Waals surface area contributed by atoms with Gasteiger partial charge in [0.05, 0.1) is 30.7 Å². The molecule has 2 aliphatic rings. The second kappa shape index (κ2) is 10.4. The zero-order valence-corrected chi connectivity index (χ0v) is 19.9. The second-order valence-electron chi connectivity index (χ2n) is 9.16. The Balaban J connectivity index is 1.14. The van der Waals surface area contributed by atoms with E-state index in [1.807, 2.05) is 24.3 Å². The first-order valence-corrected chi connectivity index (χ1v) is 12.2. The van der Waals surface area contributed by atoms with Crippen molar-refractivity contribution in [2.45, 2.75) is 25.3 Å². The van der Waals surface area contributed by atoms with Crippen LogP contribution in [0.5, 0.6) is 0 Å². The number of nitrogens with one attached hydrogen (secondary N) is 2. The first kappa shape index (κ1) is 23.8. The number of hydrogen-bond donors (Lipinski definition) is 2. The number of morpholine rings is 1. The van der Waals surface area contributed by atoms with Crippen molar-refractivity contribution in [2.75, 3.05) is 44.7 Å². The van der Waals surface area contributed by atoms with Gasteiger partial charge in [0.1, 0.15) is 0 Å². The molecule has 2 aliphatic heterocycles. The largest absolute Gasteiger partial charge is 0.378 e. The molecule has 2 fully saturated rings. The number of para-hydroxylation sites is 2. The number of fused-ring (bicyclic) bond motifs is 1. The monoisotopic (exact) mass is 491 g/mol. The Hall–Kier alpha value is -3.92. The fourth-order valence-electron chi connectivity index (χ4n) is 4.90. The fraction of sp³-hybridized carbons (Fsp3) is 0.385. The van der Waals surface area contributed by atoms with Crippen LogP contribution in [0.25, 0.3) is 11.0 Å². The lowest BCUT2D eigenvalue weighted by Gasteiger charge is -2.32. The summed E-state index contributed by atoms with van der Waals surface area (Å²) in [5, 5.41) is 2.65. The standard InChI is InChI=1S/C26H29N5O5/c32-23(29-13-15-36-16-14-29)17-18-5-7-19(8-6-18)27-24(33)25(34)30-11-9-20(10-12-30)31-22-4-2-1-3-21(22)28-26(31)35/h1-8,20H,9-17H2,(H,27,33)(H,28,35). The van der Waals surface area contributed by atoms with E-state index in [-0.39, 0.29) is 24.1 Å². The molecular formula is C26H29N5O5. The first-order chi connectivity index (χ1) is 17.5. The number of likely N-dealkylation sites (tertiary alicyclic amines) is 1. The van der Waals surface area contributed by atoms with E-state index < -0.39 is 11.8 Å². The van der Waals surface area contributed by atoms with Crippen LogP contribution in [0, 0.1) is 0 Å². The number of hydrogen-bond acceptors (Lipinski definition) is 5. The molecule has 0 spiro atoms. The predicted octanol–water partition coefficient (Wildman–Crippen LogP) is 1.53. The molecule has 0 atom stereocenters.